The van der Waals surface area contributed by atoms with Gasteiger partial charge in [0.05, 0.1) is 19.4 Å². The Hall–Kier alpha value is -0.740. The quantitative estimate of drug-likeness (QED) is 0.153. The van der Waals surface area contributed by atoms with Crippen LogP contribution < -0.4 is 0 Å². The van der Waals surface area contributed by atoms with Gasteiger partial charge in [0.25, 0.3) is 0 Å². The fourth-order valence-corrected chi connectivity index (χ4v) is 5.19. The van der Waals surface area contributed by atoms with Gasteiger partial charge in [-0.25, -0.2) is 0 Å². The van der Waals surface area contributed by atoms with Crippen molar-refractivity contribution < 1.29 is 9.47 Å². The minimum Gasteiger partial charge on any atom is -0.379 e. The summed E-state index contributed by atoms with van der Waals surface area (Å²) in [6, 6.07) is 0. The highest BCUT2D eigenvalue weighted by molar-refractivity contribution is 4.88. The average molecular weight is 465 g/mol. The molecule has 0 saturated carbocycles. The van der Waals surface area contributed by atoms with E-state index in [2.05, 4.69) is 36.2 Å². The first-order chi connectivity index (χ1) is 16.3. The maximum atomic E-state index is 5.99. The summed E-state index contributed by atoms with van der Waals surface area (Å²) in [5, 5.41) is 0. The summed E-state index contributed by atoms with van der Waals surface area (Å²) in [6.45, 7) is 7.19. The molecule has 0 aromatic rings. The van der Waals surface area contributed by atoms with Gasteiger partial charge in [-0.3, -0.25) is 0 Å². The van der Waals surface area contributed by atoms with Crippen LogP contribution in [0.2, 0.25) is 0 Å². The molecule has 0 bridgehead atoms. The highest BCUT2D eigenvalue weighted by Crippen LogP contribution is 2.25. The van der Waals surface area contributed by atoms with E-state index in [9.17, 15) is 0 Å². The van der Waals surface area contributed by atoms with Crippen LogP contribution in [0.15, 0.2) is 12.4 Å². The van der Waals surface area contributed by atoms with Crippen LogP contribution in [0, 0.1) is 5.92 Å². The molecule has 0 radical (unpaired) electrons. The Kier molecular flexibility index (Phi) is 16.9. The first kappa shape index (κ1) is 28.5. The van der Waals surface area contributed by atoms with Crippen molar-refractivity contribution in [3.05, 3.63) is 12.4 Å². The third-order valence-corrected chi connectivity index (χ3v) is 7.35. The van der Waals surface area contributed by atoms with E-state index < -0.39 is 0 Å². The van der Waals surface area contributed by atoms with Crippen LogP contribution in [-0.4, -0.2) is 56.0 Å². The Morgan fingerprint density at radius 2 is 1.42 bits per heavy atom. The van der Waals surface area contributed by atoms with Crippen LogP contribution >= 0.6 is 0 Å². The smallest absolute Gasteiger partial charge is 0.0890 e. The second-order valence-electron chi connectivity index (χ2n) is 10.7. The van der Waals surface area contributed by atoms with Crippen molar-refractivity contribution in [2.24, 2.45) is 5.92 Å². The zero-order valence-electron chi connectivity index (χ0n) is 22.3. The summed E-state index contributed by atoms with van der Waals surface area (Å²) in [5.41, 5.74) is 0. The molecular formula is C29H56N2O2. The molecular weight excluding hydrogens is 408 g/mol. The van der Waals surface area contributed by atoms with Crippen LogP contribution in [0.4, 0.5) is 0 Å². The average Bonchev–Trinajstić information content (AvgIpc) is 3.45. The predicted molar refractivity (Wildman–Crippen MR) is 141 cm³/mol. The van der Waals surface area contributed by atoms with Crippen molar-refractivity contribution >= 4 is 0 Å². The molecule has 2 heterocycles. The van der Waals surface area contributed by atoms with Crippen LogP contribution in [-0.2, 0) is 9.47 Å². The molecule has 0 aromatic carbocycles. The maximum Gasteiger partial charge on any atom is 0.0890 e. The zero-order chi connectivity index (χ0) is 23.4. The molecule has 194 valence electrons. The summed E-state index contributed by atoms with van der Waals surface area (Å²) < 4.78 is 11.9. The standard InChI is InChI=1S/C29H56N2O2/c1-3-4-5-6-7-8-9-10-11-12-13-16-19-28-24-29(33-25-28)26-32-23-18-15-14-17-20-31-22-21-30(2)27-31/h21-22,28-29H,3-20,23-27H2,1-2H3. The Labute approximate surface area is 206 Å². The van der Waals surface area contributed by atoms with Gasteiger partial charge in [0.2, 0.25) is 0 Å². The molecule has 0 spiro atoms. The van der Waals surface area contributed by atoms with Gasteiger partial charge in [-0.05, 0) is 31.6 Å². The van der Waals surface area contributed by atoms with E-state index in [4.69, 9.17) is 9.47 Å². The van der Waals surface area contributed by atoms with Crippen LogP contribution in [0.3, 0.4) is 0 Å². The molecule has 2 atom stereocenters. The van der Waals surface area contributed by atoms with Crippen molar-refractivity contribution in [3.63, 3.8) is 0 Å². The van der Waals surface area contributed by atoms with E-state index in [1.54, 1.807) is 0 Å². The number of rotatable bonds is 22. The first-order valence-corrected chi connectivity index (χ1v) is 14.6. The second-order valence-corrected chi connectivity index (χ2v) is 10.7. The number of unbranched alkanes of at least 4 members (excludes halogenated alkanes) is 14. The minimum atomic E-state index is 0.353. The van der Waals surface area contributed by atoms with Gasteiger partial charge in [-0.2, -0.15) is 0 Å². The predicted octanol–water partition coefficient (Wildman–Crippen LogP) is 7.74. The number of hydrogen-bond donors (Lipinski definition) is 0. The molecule has 4 nitrogen and oxygen atoms in total. The molecule has 2 unspecified atom stereocenters. The van der Waals surface area contributed by atoms with E-state index in [1.165, 1.54) is 122 Å². The summed E-state index contributed by atoms with van der Waals surface area (Å²) in [7, 11) is 2.13. The number of nitrogens with zero attached hydrogens (tertiary/aromatic N) is 2. The van der Waals surface area contributed by atoms with E-state index in [-0.39, 0.29) is 0 Å². The third kappa shape index (κ3) is 15.0. The summed E-state index contributed by atoms with van der Waals surface area (Å²) >= 11 is 0. The van der Waals surface area contributed by atoms with Crippen LogP contribution in [0.25, 0.3) is 0 Å². The van der Waals surface area contributed by atoms with Gasteiger partial charge >= 0.3 is 0 Å². The van der Waals surface area contributed by atoms with Crippen LogP contribution in [0.1, 0.15) is 122 Å². The number of hydrogen-bond acceptors (Lipinski definition) is 4. The lowest BCUT2D eigenvalue weighted by Crippen LogP contribution is -2.23. The van der Waals surface area contributed by atoms with Crippen molar-refractivity contribution in [3.8, 4) is 0 Å². The summed E-state index contributed by atoms with van der Waals surface area (Å²) in [6.07, 6.45) is 29.5. The van der Waals surface area contributed by atoms with Crippen molar-refractivity contribution in [2.75, 3.05) is 40.1 Å². The zero-order valence-corrected chi connectivity index (χ0v) is 22.3. The molecule has 1 fully saturated rings. The largest absolute Gasteiger partial charge is 0.379 e. The SMILES string of the molecule is CCCCCCCCCCCCCCC1COC(COCCCCCCN2C=CN(C)C2)C1. The Morgan fingerprint density at radius 1 is 0.788 bits per heavy atom. The fraction of sp³-hybridized carbons (Fsp3) is 0.931. The highest BCUT2D eigenvalue weighted by Gasteiger charge is 2.24. The summed E-state index contributed by atoms with van der Waals surface area (Å²) in [4.78, 5) is 4.61. The molecule has 0 aliphatic carbocycles. The lowest BCUT2D eigenvalue weighted by atomic mass is 9.97. The Bertz CT molecular complexity index is 471. The maximum absolute atomic E-state index is 5.99. The molecule has 1 saturated heterocycles. The van der Waals surface area contributed by atoms with E-state index >= 15 is 0 Å². The molecule has 33 heavy (non-hydrogen) atoms. The number of ether oxygens (including phenoxy) is 2. The first-order valence-electron chi connectivity index (χ1n) is 14.6. The molecule has 2 aliphatic rings. The van der Waals surface area contributed by atoms with Gasteiger partial charge < -0.3 is 19.3 Å². The topological polar surface area (TPSA) is 24.9 Å². The van der Waals surface area contributed by atoms with Gasteiger partial charge in [-0.15, -0.1) is 0 Å². The van der Waals surface area contributed by atoms with Gasteiger partial charge in [0, 0.05) is 39.2 Å². The Balaban J connectivity index is 1.28. The molecule has 0 N–H and O–H groups in total. The Morgan fingerprint density at radius 3 is 2.09 bits per heavy atom. The normalized spacial score (nSPS) is 20.4. The lowest BCUT2D eigenvalue weighted by molar-refractivity contribution is 0.0153. The highest BCUT2D eigenvalue weighted by atomic mass is 16.5. The molecule has 0 amide bonds. The van der Waals surface area contributed by atoms with Gasteiger partial charge in [0.15, 0.2) is 0 Å². The van der Waals surface area contributed by atoms with Crippen molar-refractivity contribution in [1.29, 1.82) is 0 Å². The van der Waals surface area contributed by atoms with Crippen LogP contribution in [0.5, 0.6) is 0 Å². The van der Waals surface area contributed by atoms with Crippen molar-refractivity contribution in [1.82, 2.24) is 9.80 Å². The molecule has 2 rings (SSSR count). The second kappa shape index (κ2) is 19.6. The van der Waals surface area contributed by atoms with E-state index in [0.29, 0.717) is 6.10 Å². The fourth-order valence-electron chi connectivity index (χ4n) is 5.19. The molecule has 2 aliphatic heterocycles. The van der Waals surface area contributed by atoms with E-state index in [1.807, 2.05) is 0 Å². The molecule has 4 heteroatoms. The van der Waals surface area contributed by atoms with Gasteiger partial charge in [-0.1, -0.05) is 96.8 Å². The third-order valence-electron chi connectivity index (χ3n) is 7.35. The monoisotopic (exact) mass is 464 g/mol. The minimum absolute atomic E-state index is 0.353. The lowest BCUT2D eigenvalue weighted by Gasteiger charge is -2.17. The van der Waals surface area contributed by atoms with Gasteiger partial charge in [0.1, 0.15) is 0 Å². The van der Waals surface area contributed by atoms with Crippen molar-refractivity contribution in [2.45, 2.75) is 129 Å². The summed E-state index contributed by atoms with van der Waals surface area (Å²) in [5.74, 6) is 0.778. The van der Waals surface area contributed by atoms with E-state index in [0.717, 1.165) is 32.4 Å². The molecule has 0 aromatic heterocycles.